The van der Waals surface area contributed by atoms with E-state index < -0.39 is 5.43 Å². The molecule has 0 unspecified atom stereocenters. The van der Waals surface area contributed by atoms with Crippen LogP contribution < -0.4 is 5.43 Å². The van der Waals surface area contributed by atoms with Crippen LogP contribution >= 0.6 is 11.8 Å². The van der Waals surface area contributed by atoms with Crippen molar-refractivity contribution in [3.05, 3.63) is 52.6 Å². The number of aromatic amines is 1. The summed E-state index contributed by atoms with van der Waals surface area (Å²) in [6.45, 7) is 0. The predicted octanol–water partition coefficient (Wildman–Crippen LogP) is 2.51. The van der Waals surface area contributed by atoms with Crippen molar-refractivity contribution in [3.8, 4) is 5.75 Å². The second-order valence-electron chi connectivity index (χ2n) is 3.94. The Balaban J connectivity index is 1.78. The summed E-state index contributed by atoms with van der Waals surface area (Å²) in [6, 6.07) is 9.03. The van der Waals surface area contributed by atoms with Gasteiger partial charge in [0.25, 0.3) is 0 Å². The molecule has 2 heterocycles. The summed E-state index contributed by atoms with van der Waals surface area (Å²) in [6.07, 6.45) is 1.05. The van der Waals surface area contributed by atoms with Gasteiger partial charge in [-0.1, -0.05) is 23.9 Å². The Morgan fingerprint density at radius 3 is 3.00 bits per heavy atom. The number of hydrogen-bond donors (Lipinski definition) is 2. The Kier molecular flexibility index (Phi) is 3.00. The molecular weight excluding hydrogens is 264 g/mol. The fraction of sp³-hybridized carbons (Fsp3) is 0.0769. The fourth-order valence-corrected chi connectivity index (χ4v) is 2.43. The number of aromatic hydroxyl groups is 1. The zero-order valence-corrected chi connectivity index (χ0v) is 10.6. The molecule has 0 aliphatic rings. The van der Waals surface area contributed by atoms with Crippen molar-refractivity contribution in [1.29, 1.82) is 0 Å². The number of nitrogens with one attached hydrogen (secondary N) is 1. The predicted molar refractivity (Wildman–Crippen MR) is 72.3 cm³/mol. The van der Waals surface area contributed by atoms with Gasteiger partial charge in [0.1, 0.15) is 12.0 Å². The lowest BCUT2D eigenvalue weighted by molar-refractivity contribution is 0.419. The first-order valence-corrected chi connectivity index (χ1v) is 6.59. The smallest absolute Gasteiger partial charge is 0.226 e. The van der Waals surface area contributed by atoms with E-state index in [2.05, 4.69) is 9.97 Å². The maximum absolute atomic E-state index is 11.2. The highest BCUT2D eigenvalue weighted by Gasteiger charge is 2.06. The molecule has 0 aliphatic heterocycles. The highest BCUT2D eigenvalue weighted by Crippen LogP contribution is 2.22. The van der Waals surface area contributed by atoms with Crippen molar-refractivity contribution < 1.29 is 9.52 Å². The minimum absolute atomic E-state index is 0.377. The lowest BCUT2D eigenvalue weighted by Crippen LogP contribution is -1.99. The van der Waals surface area contributed by atoms with Crippen molar-refractivity contribution in [2.75, 3.05) is 0 Å². The van der Waals surface area contributed by atoms with Crippen LogP contribution in [0.4, 0.5) is 0 Å². The summed E-state index contributed by atoms with van der Waals surface area (Å²) in [5.74, 6) is 0.584. The monoisotopic (exact) mass is 274 g/mol. The van der Waals surface area contributed by atoms with Gasteiger partial charge >= 0.3 is 0 Å². The van der Waals surface area contributed by atoms with Gasteiger partial charge in [-0.2, -0.15) is 0 Å². The van der Waals surface area contributed by atoms with E-state index in [1.165, 1.54) is 17.8 Å². The summed E-state index contributed by atoms with van der Waals surface area (Å²) < 4.78 is 5.12. The van der Waals surface area contributed by atoms with Crippen LogP contribution in [-0.2, 0) is 5.75 Å². The van der Waals surface area contributed by atoms with Gasteiger partial charge < -0.3 is 14.5 Å². The maximum Gasteiger partial charge on any atom is 0.226 e. The minimum Gasteiger partial charge on any atom is -0.502 e. The molecule has 2 aromatic heterocycles. The first-order valence-electron chi connectivity index (χ1n) is 5.60. The fourth-order valence-electron chi connectivity index (χ4n) is 1.66. The van der Waals surface area contributed by atoms with Crippen molar-refractivity contribution >= 4 is 22.8 Å². The molecular formula is C13H10N2O3S. The van der Waals surface area contributed by atoms with E-state index in [-0.39, 0.29) is 5.75 Å². The van der Waals surface area contributed by atoms with E-state index in [1.807, 2.05) is 24.3 Å². The van der Waals surface area contributed by atoms with E-state index in [1.54, 1.807) is 0 Å². The SMILES string of the molecule is O=c1cc(CSc2nc3ccccc3[nH]2)occ1O. The van der Waals surface area contributed by atoms with E-state index >= 15 is 0 Å². The van der Waals surface area contributed by atoms with Crippen LogP contribution in [0.5, 0.6) is 5.75 Å². The van der Waals surface area contributed by atoms with Gasteiger partial charge in [-0.15, -0.1) is 0 Å². The number of rotatable bonds is 3. The third-order valence-electron chi connectivity index (χ3n) is 2.59. The number of imidazole rings is 1. The van der Waals surface area contributed by atoms with Gasteiger partial charge in [-0.05, 0) is 12.1 Å². The number of para-hydroxylation sites is 2. The van der Waals surface area contributed by atoms with Gasteiger partial charge in [-0.25, -0.2) is 4.98 Å². The summed E-state index contributed by atoms with van der Waals surface area (Å²) >= 11 is 1.43. The molecule has 0 amide bonds. The summed E-state index contributed by atoms with van der Waals surface area (Å²) in [4.78, 5) is 18.8. The molecule has 0 radical (unpaired) electrons. The van der Waals surface area contributed by atoms with Crippen LogP contribution in [0.3, 0.4) is 0 Å². The number of H-pyrrole nitrogens is 1. The molecule has 0 aliphatic carbocycles. The second-order valence-corrected chi connectivity index (χ2v) is 4.91. The molecule has 6 heteroatoms. The Labute approximate surface area is 112 Å². The molecule has 5 nitrogen and oxygen atoms in total. The Morgan fingerprint density at radius 2 is 2.21 bits per heavy atom. The van der Waals surface area contributed by atoms with Gasteiger partial charge in [-0.3, -0.25) is 4.79 Å². The average Bonchev–Trinajstić information content (AvgIpc) is 2.83. The van der Waals surface area contributed by atoms with E-state index in [0.29, 0.717) is 11.5 Å². The number of fused-ring (bicyclic) bond motifs is 1. The van der Waals surface area contributed by atoms with Gasteiger partial charge in [0.2, 0.25) is 5.43 Å². The second kappa shape index (κ2) is 4.81. The van der Waals surface area contributed by atoms with E-state index in [9.17, 15) is 4.79 Å². The number of thioether (sulfide) groups is 1. The zero-order valence-electron chi connectivity index (χ0n) is 9.79. The molecule has 1 aromatic carbocycles. The van der Waals surface area contributed by atoms with E-state index in [4.69, 9.17) is 9.52 Å². The number of nitrogens with zero attached hydrogens (tertiary/aromatic N) is 1. The van der Waals surface area contributed by atoms with Crippen molar-refractivity contribution in [2.24, 2.45) is 0 Å². The number of benzene rings is 1. The minimum atomic E-state index is -0.438. The Morgan fingerprint density at radius 1 is 1.37 bits per heavy atom. The third kappa shape index (κ3) is 2.48. The van der Waals surface area contributed by atoms with Gasteiger partial charge in [0.05, 0.1) is 16.8 Å². The third-order valence-corrected chi connectivity index (χ3v) is 3.48. The van der Waals surface area contributed by atoms with Crippen LogP contribution in [0.25, 0.3) is 11.0 Å². The molecule has 0 spiro atoms. The van der Waals surface area contributed by atoms with Crippen LogP contribution in [0.2, 0.25) is 0 Å². The molecule has 96 valence electrons. The normalized spacial score (nSPS) is 10.9. The Hall–Kier alpha value is -2.21. The molecule has 3 aromatic rings. The summed E-state index contributed by atoms with van der Waals surface area (Å²) in [7, 11) is 0. The van der Waals surface area contributed by atoms with Crippen molar-refractivity contribution in [2.45, 2.75) is 10.9 Å². The summed E-state index contributed by atoms with van der Waals surface area (Å²) in [5.41, 5.74) is 1.43. The lowest BCUT2D eigenvalue weighted by Gasteiger charge is -1.97. The molecule has 0 bridgehead atoms. The molecule has 0 atom stereocenters. The zero-order chi connectivity index (χ0) is 13.2. The molecule has 2 N–H and O–H groups in total. The van der Waals surface area contributed by atoms with Crippen LogP contribution in [0.1, 0.15) is 5.76 Å². The quantitative estimate of drug-likeness (QED) is 0.717. The van der Waals surface area contributed by atoms with Crippen LogP contribution in [-0.4, -0.2) is 15.1 Å². The van der Waals surface area contributed by atoms with E-state index in [0.717, 1.165) is 22.5 Å². The first kappa shape index (κ1) is 11.9. The molecule has 0 saturated heterocycles. The standard InChI is InChI=1S/C13H10N2O3S/c16-11-5-8(18-6-12(11)17)7-19-13-14-9-3-1-2-4-10(9)15-13/h1-6,17H,7H2,(H,14,15). The molecule has 0 fully saturated rings. The largest absolute Gasteiger partial charge is 0.502 e. The highest BCUT2D eigenvalue weighted by molar-refractivity contribution is 7.98. The summed E-state index contributed by atoms with van der Waals surface area (Å²) in [5, 5.41) is 9.85. The molecule has 19 heavy (non-hydrogen) atoms. The topological polar surface area (TPSA) is 79.1 Å². The highest BCUT2D eigenvalue weighted by atomic mass is 32.2. The van der Waals surface area contributed by atoms with Crippen LogP contribution in [0, 0.1) is 0 Å². The van der Waals surface area contributed by atoms with Crippen molar-refractivity contribution in [1.82, 2.24) is 9.97 Å². The van der Waals surface area contributed by atoms with Gasteiger partial charge in [0.15, 0.2) is 10.9 Å². The van der Waals surface area contributed by atoms with Crippen molar-refractivity contribution in [3.63, 3.8) is 0 Å². The Bertz CT molecular complexity index is 746. The van der Waals surface area contributed by atoms with Gasteiger partial charge in [0, 0.05) is 6.07 Å². The maximum atomic E-state index is 11.2. The lowest BCUT2D eigenvalue weighted by atomic mass is 10.3. The first-order chi connectivity index (χ1) is 9.22. The number of hydrogen-bond acceptors (Lipinski definition) is 5. The van der Waals surface area contributed by atoms with Crippen LogP contribution in [0.15, 0.2) is 51.0 Å². The number of aromatic nitrogens is 2. The molecule has 0 saturated carbocycles. The average molecular weight is 274 g/mol. The molecule has 3 rings (SSSR count).